The molecular formula is C17H19BrO5S. The molecule has 0 aliphatic carbocycles. The van der Waals surface area contributed by atoms with Crippen LogP contribution in [0.3, 0.4) is 0 Å². The van der Waals surface area contributed by atoms with E-state index in [1.807, 2.05) is 26.0 Å². The minimum absolute atomic E-state index is 0.0274. The summed E-state index contributed by atoms with van der Waals surface area (Å²) in [6.07, 6.45) is 0. The Labute approximate surface area is 150 Å². The van der Waals surface area contributed by atoms with Gasteiger partial charge in [-0.15, -0.1) is 0 Å². The predicted octanol–water partition coefficient (Wildman–Crippen LogP) is 4.16. The number of halogens is 1. The van der Waals surface area contributed by atoms with E-state index < -0.39 is 10.1 Å². The number of benzene rings is 2. The van der Waals surface area contributed by atoms with Gasteiger partial charge in [-0.05, 0) is 59.5 Å². The number of hydrogen-bond acceptors (Lipinski definition) is 5. The standard InChI is InChI=1S/C17H19BrO5S/c1-10-6-7-11(2)17(12(10)3)23-24(19,20)16-9-15(22-5)14(21-4)8-13(16)18/h6-9H,1-5H3. The summed E-state index contributed by atoms with van der Waals surface area (Å²) in [6.45, 7) is 5.54. The van der Waals surface area contributed by atoms with E-state index >= 15 is 0 Å². The van der Waals surface area contributed by atoms with Crippen LogP contribution in [0.25, 0.3) is 0 Å². The zero-order chi connectivity index (χ0) is 18.1. The normalized spacial score (nSPS) is 11.2. The van der Waals surface area contributed by atoms with Gasteiger partial charge in [-0.2, -0.15) is 8.42 Å². The molecule has 0 saturated heterocycles. The van der Waals surface area contributed by atoms with Crippen molar-refractivity contribution in [1.29, 1.82) is 0 Å². The maximum atomic E-state index is 12.8. The van der Waals surface area contributed by atoms with Crippen LogP contribution < -0.4 is 13.7 Å². The lowest BCUT2D eigenvalue weighted by Crippen LogP contribution is -2.13. The van der Waals surface area contributed by atoms with Gasteiger partial charge in [-0.3, -0.25) is 0 Å². The van der Waals surface area contributed by atoms with Crippen LogP contribution in [0.2, 0.25) is 0 Å². The molecular weight excluding hydrogens is 396 g/mol. The molecule has 0 bridgehead atoms. The highest BCUT2D eigenvalue weighted by molar-refractivity contribution is 9.10. The van der Waals surface area contributed by atoms with E-state index in [1.165, 1.54) is 26.4 Å². The van der Waals surface area contributed by atoms with E-state index in [1.54, 1.807) is 6.92 Å². The molecule has 0 spiro atoms. The van der Waals surface area contributed by atoms with Crippen molar-refractivity contribution in [3.05, 3.63) is 45.4 Å². The molecule has 0 aromatic heterocycles. The largest absolute Gasteiger partial charge is 0.493 e. The van der Waals surface area contributed by atoms with Gasteiger partial charge in [0.15, 0.2) is 11.5 Å². The first-order valence-electron chi connectivity index (χ1n) is 7.14. The summed E-state index contributed by atoms with van der Waals surface area (Å²) < 4.78 is 41.6. The molecule has 2 rings (SSSR count). The van der Waals surface area contributed by atoms with Crippen molar-refractivity contribution in [2.45, 2.75) is 25.7 Å². The number of ether oxygens (including phenoxy) is 2. The molecule has 0 aliphatic rings. The molecule has 2 aromatic carbocycles. The second-order valence-corrected chi connectivity index (χ2v) is 7.70. The van der Waals surface area contributed by atoms with Crippen molar-refractivity contribution in [1.82, 2.24) is 0 Å². The molecule has 0 atom stereocenters. The molecule has 0 aliphatic heterocycles. The van der Waals surface area contributed by atoms with Gasteiger partial charge in [0, 0.05) is 10.5 Å². The molecule has 7 heteroatoms. The first kappa shape index (κ1) is 18.6. The van der Waals surface area contributed by atoms with E-state index in [0.29, 0.717) is 21.7 Å². The van der Waals surface area contributed by atoms with Crippen LogP contribution in [0, 0.1) is 20.8 Å². The zero-order valence-corrected chi connectivity index (χ0v) is 16.5. The summed E-state index contributed by atoms with van der Waals surface area (Å²) in [6, 6.07) is 6.66. The van der Waals surface area contributed by atoms with Gasteiger partial charge in [0.05, 0.1) is 14.2 Å². The Balaban J connectivity index is 2.55. The average Bonchev–Trinajstić information content (AvgIpc) is 2.54. The quantitative estimate of drug-likeness (QED) is 0.687. The van der Waals surface area contributed by atoms with Crippen LogP contribution in [-0.4, -0.2) is 22.6 Å². The fourth-order valence-electron chi connectivity index (χ4n) is 2.24. The van der Waals surface area contributed by atoms with Crippen molar-refractivity contribution in [2.24, 2.45) is 0 Å². The molecule has 130 valence electrons. The van der Waals surface area contributed by atoms with E-state index in [9.17, 15) is 8.42 Å². The third kappa shape index (κ3) is 3.52. The van der Waals surface area contributed by atoms with Crippen LogP contribution in [0.4, 0.5) is 0 Å². The predicted molar refractivity (Wildman–Crippen MR) is 95.7 cm³/mol. The lowest BCUT2D eigenvalue weighted by molar-refractivity contribution is 0.353. The Kier molecular flexibility index (Phi) is 5.45. The number of hydrogen-bond donors (Lipinski definition) is 0. The fraction of sp³-hybridized carbons (Fsp3) is 0.294. The lowest BCUT2D eigenvalue weighted by Gasteiger charge is -2.16. The third-order valence-electron chi connectivity index (χ3n) is 3.77. The number of methoxy groups -OCH3 is 2. The van der Waals surface area contributed by atoms with Crippen molar-refractivity contribution in [2.75, 3.05) is 14.2 Å². The Bertz CT molecular complexity index is 875. The van der Waals surface area contributed by atoms with E-state index in [2.05, 4.69) is 15.9 Å². The van der Waals surface area contributed by atoms with E-state index in [-0.39, 0.29) is 4.90 Å². The van der Waals surface area contributed by atoms with Crippen molar-refractivity contribution >= 4 is 26.0 Å². The summed E-state index contributed by atoms with van der Waals surface area (Å²) in [5.41, 5.74) is 2.49. The Morgan fingerprint density at radius 3 is 2.04 bits per heavy atom. The van der Waals surface area contributed by atoms with Crippen molar-refractivity contribution in [3.8, 4) is 17.2 Å². The third-order valence-corrected chi connectivity index (χ3v) is 5.96. The molecule has 2 aromatic rings. The monoisotopic (exact) mass is 414 g/mol. The van der Waals surface area contributed by atoms with E-state index in [0.717, 1.165) is 16.7 Å². The number of rotatable bonds is 5. The van der Waals surface area contributed by atoms with Crippen LogP contribution in [0.1, 0.15) is 16.7 Å². The second-order valence-electron chi connectivity index (χ2n) is 5.33. The summed E-state index contributed by atoms with van der Waals surface area (Å²) in [5, 5.41) is 0. The topological polar surface area (TPSA) is 61.8 Å². The zero-order valence-electron chi connectivity index (χ0n) is 14.1. The van der Waals surface area contributed by atoms with Crippen LogP contribution in [0.15, 0.2) is 33.6 Å². The highest BCUT2D eigenvalue weighted by atomic mass is 79.9. The lowest BCUT2D eigenvalue weighted by atomic mass is 10.1. The number of aryl methyl sites for hydroxylation is 2. The first-order chi connectivity index (χ1) is 11.2. The summed E-state index contributed by atoms with van der Waals surface area (Å²) >= 11 is 3.26. The highest BCUT2D eigenvalue weighted by Crippen LogP contribution is 2.37. The van der Waals surface area contributed by atoms with Crippen molar-refractivity contribution < 1.29 is 22.1 Å². The minimum Gasteiger partial charge on any atom is -0.493 e. The average molecular weight is 415 g/mol. The SMILES string of the molecule is COc1cc(Br)c(S(=O)(=O)Oc2c(C)ccc(C)c2C)cc1OC. The highest BCUT2D eigenvalue weighted by Gasteiger charge is 2.25. The van der Waals surface area contributed by atoms with Crippen LogP contribution in [-0.2, 0) is 10.1 Å². The van der Waals surface area contributed by atoms with Gasteiger partial charge in [0.25, 0.3) is 0 Å². The van der Waals surface area contributed by atoms with Crippen molar-refractivity contribution in [3.63, 3.8) is 0 Å². The van der Waals surface area contributed by atoms with Crippen LogP contribution >= 0.6 is 15.9 Å². The molecule has 0 N–H and O–H groups in total. The van der Waals surface area contributed by atoms with Gasteiger partial charge in [-0.1, -0.05) is 12.1 Å². The maximum Gasteiger partial charge on any atom is 0.340 e. The van der Waals surface area contributed by atoms with Crippen LogP contribution in [0.5, 0.6) is 17.2 Å². The molecule has 0 heterocycles. The summed E-state index contributed by atoms with van der Waals surface area (Å²) in [4.78, 5) is -0.0274. The van der Waals surface area contributed by atoms with Gasteiger partial charge < -0.3 is 13.7 Å². The molecule has 0 fully saturated rings. The molecule has 0 unspecified atom stereocenters. The van der Waals surface area contributed by atoms with Gasteiger partial charge in [0.1, 0.15) is 10.6 Å². The van der Waals surface area contributed by atoms with Gasteiger partial charge in [-0.25, -0.2) is 0 Å². The second kappa shape index (κ2) is 7.03. The minimum atomic E-state index is -4.05. The summed E-state index contributed by atoms with van der Waals surface area (Å²) in [7, 11) is -1.12. The Morgan fingerprint density at radius 2 is 1.46 bits per heavy atom. The molecule has 0 saturated carbocycles. The van der Waals surface area contributed by atoms with Gasteiger partial charge in [0.2, 0.25) is 0 Å². The van der Waals surface area contributed by atoms with E-state index in [4.69, 9.17) is 13.7 Å². The fourth-order valence-corrected chi connectivity index (χ4v) is 4.27. The smallest absolute Gasteiger partial charge is 0.340 e. The molecule has 24 heavy (non-hydrogen) atoms. The molecule has 5 nitrogen and oxygen atoms in total. The molecule has 0 amide bonds. The Hall–Kier alpha value is -1.73. The summed E-state index contributed by atoms with van der Waals surface area (Å²) in [5.74, 6) is 1.07. The van der Waals surface area contributed by atoms with Gasteiger partial charge >= 0.3 is 10.1 Å². The first-order valence-corrected chi connectivity index (χ1v) is 9.34. The maximum absolute atomic E-state index is 12.8. The molecule has 0 radical (unpaired) electrons. The Morgan fingerprint density at radius 1 is 0.917 bits per heavy atom.